The number of nitrogens with one attached hydrogen (secondary N) is 1. The van der Waals surface area contributed by atoms with E-state index in [1.807, 2.05) is 6.92 Å². The average molecular weight is 345 g/mol. The molecule has 0 aliphatic heterocycles. The smallest absolute Gasteiger partial charge is 0.307 e. The quantitative estimate of drug-likeness (QED) is 0.842. The van der Waals surface area contributed by atoms with Gasteiger partial charge in [0.1, 0.15) is 0 Å². The number of aliphatic carboxylic acids is 1. The molecule has 0 bridgehead atoms. The molecule has 1 saturated carbocycles. The van der Waals surface area contributed by atoms with Crippen LogP contribution in [0.15, 0.2) is 53.4 Å². The predicted molar refractivity (Wildman–Crippen MR) is 91.6 cm³/mol. The second-order valence-corrected chi connectivity index (χ2v) is 7.69. The standard InChI is InChI=1S/C18H19NO4S/c1-2-12-3-9-15(10-4-12)24(22,23)19-14-7-5-13(6-8-14)16-11-17(16)18(20)21/h3-10,16-17,19H,2,11H2,1H3,(H,20,21)/t16-,17+/m0/s1. The predicted octanol–water partition coefficient (Wildman–Crippen LogP) is 3.24. The average Bonchev–Trinajstić information content (AvgIpc) is 3.36. The van der Waals surface area contributed by atoms with Gasteiger partial charge < -0.3 is 5.11 Å². The number of benzene rings is 2. The van der Waals surface area contributed by atoms with E-state index in [9.17, 15) is 13.2 Å². The van der Waals surface area contributed by atoms with E-state index in [-0.39, 0.29) is 16.7 Å². The summed E-state index contributed by atoms with van der Waals surface area (Å²) in [5, 5.41) is 8.96. The molecule has 1 aliphatic carbocycles. The molecule has 3 rings (SSSR count). The van der Waals surface area contributed by atoms with E-state index in [2.05, 4.69) is 4.72 Å². The van der Waals surface area contributed by atoms with Crippen molar-refractivity contribution >= 4 is 21.7 Å². The van der Waals surface area contributed by atoms with Gasteiger partial charge in [-0.3, -0.25) is 9.52 Å². The van der Waals surface area contributed by atoms with Gasteiger partial charge in [-0.1, -0.05) is 31.2 Å². The van der Waals surface area contributed by atoms with Gasteiger partial charge in [0.05, 0.1) is 10.8 Å². The summed E-state index contributed by atoms with van der Waals surface area (Å²) in [7, 11) is -3.62. The molecule has 2 N–H and O–H groups in total. The molecule has 0 unspecified atom stereocenters. The molecular formula is C18H19NO4S. The van der Waals surface area contributed by atoms with Crippen LogP contribution in [0.1, 0.15) is 30.4 Å². The first-order valence-electron chi connectivity index (χ1n) is 7.85. The van der Waals surface area contributed by atoms with Gasteiger partial charge in [-0.2, -0.15) is 0 Å². The molecule has 0 aromatic heterocycles. The Bertz CT molecular complexity index is 842. The molecule has 24 heavy (non-hydrogen) atoms. The molecule has 2 aromatic carbocycles. The van der Waals surface area contributed by atoms with Crippen LogP contribution in [-0.4, -0.2) is 19.5 Å². The van der Waals surface area contributed by atoms with Crippen LogP contribution in [-0.2, 0) is 21.2 Å². The summed E-state index contributed by atoms with van der Waals surface area (Å²) in [6, 6.07) is 13.7. The van der Waals surface area contributed by atoms with Gasteiger partial charge in [0.2, 0.25) is 0 Å². The van der Waals surface area contributed by atoms with Crippen LogP contribution in [0.5, 0.6) is 0 Å². The number of aryl methyl sites for hydroxylation is 1. The van der Waals surface area contributed by atoms with Gasteiger partial charge >= 0.3 is 5.97 Å². The minimum atomic E-state index is -3.62. The molecule has 126 valence electrons. The fraction of sp³-hybridized carbons (Fsp3) is 0.278. The minimum absolute atomic E-state index is 0.0368. The summed E-state index contributed by atoms with van der Waals surface area (Å²) in [5.74, 6) is -1.06. The highest BCUT2D eigenvalue weighted by atomic mass is 32.2. The van der Waals surface area contributed by atoms with Crippen molar-refractivity contribution in [3.05, 3.63) is 59.7 Å². The Kier molecular flexibility index (Phi) is 4.32. The normalized spacial score (nSPS) is 19.7. The molecule has 5 nitrogen and oxygen atoms in total. The molecule has 6 heteroatoms. The monoisotopic (exact) mass is 345 g/mol. The third kappa shape index (κ3) is 3.43. The Labute approximate surface area is 141 Å². The van der Waals surface area contributed by atoms with E-state index < -0.39 is 16.0 Å². The first kappa shape index (κ1) is 16.5. The first-order valence-corrected chi connectivity index (χ1v) is 9.33. The second-order valence-electron chi connectivity index (χ2n) is 6.01. The molecule has 1 aliphatic rings. The van der Waals surface area contributed by atoms with Crippen LogP contribution in [0, 0.1) is 5.92 Å². The Morgan fingerprint density at radius 2 is 1.75 bits per heavy atom. The molecule has 0 heterocycles. The van der Waals surface area contributed by atoms with Gasteiger partial charge in [-0.25, -0.2) is 8.42 Å². The number of carboxylic acids is 1. The summed E-state index contributed by atoms with van der Waals surface area (Å²) in [6.45, 7) is 2.01. The Balaban J connectivity index is 1.72. The third-order valence-corrected chi connectivity index (χ3v) is 5.74. The highest BCUT2D eigenvalue weighted by Crippen LogP contribution is 2.47. The number of anilines is 1. The zero-order valence-electron chi connectivity index (χ0n) is 13.3. The molecule has 0 saturated heterocycles. The molecule has 0 spiro atoms. The molecular weight excluding hydrogens is 326 g/mol. The highest BCUT2D eigenvalue weighted by molar-refractivity contribution is 7.92. The van der Waals surface area contributed by atoms with E-state index in [0.717, 1.165) is 17.5 Å². The van der Waals surface area contributed by atoms with Crippen LogP contribution in [0.3, 0.4) is 0 Å². The lowest BCUT2D eigenvalue weighted by molar-refractivity contribution is -0.138. The molecule has 0 amide bonds. The van der Waals surface area contributed by atoms with Gasteiger partial charge in [-0.15, -0.1) is 0 Å². The van der Waals surface area contributed by atoms with Crippen LogP contribution in [0.2, 0.25) is 0 Å². The van der Waals surface area contributed by atoms with Crippen LogP contribution in [0.4, 0.5) is 5.69 Å². The number of carboxylic acid groups (broad SMARTS) is 1. The Morgan fingerprint density at radius 3 is 2.25 bits per heavy atom. The number of rotatable bonds is 6. The van der Waals surface area contributed by atoms with Crippen molar-refractivity contribution in [3.63, 3.8) is 0 Å². The van der Waals surface area contributed by atoms with Crippen molar-refractivity contribution in [2.75, 3.05) is 4.72 Å². The number of hydrogen-bond acceptors (Lipinski definition) is 3. The Hall–Kier alpha value is -2.34. The summed E-state index contributed by atoms with van der Waals surface area (Å²) in [5.41, 5.74) is 2.47. The molecule has 2 aromatic rings. The van der Waals surface area contributed by atoms with Crippen molar-refractivity contribution in [2.45, 2.75) is 30.6 Å². The van der Waals surface area contributed by atoms with Crippen LogP contribution >= 0.6 is 0 Å². The summed E-state index contributed by atoms with van der Waals surface area (Å²) >= 11 is 0. The van der Waals surface area contributed by atoms with E-state index in [4.69, 9.17) is 5.11 Å². The van der Waals surface area contributed by atoms with E-state index in [0.29, 0.717) is 12.1 Å². The van der Waals surface area contributed by atoms with Gasteiger partial charge in [-0.05, 0) is 54.2 Å². The topological polar surface area (TPSA) is 83.5 Å². The van der Waals surface area contributed by atoms with Crippen LogP contribution in [0.25, 0.3) is 0 Å². The second kappa shape index (κ2) is 6.28. The SMILES string of the molecule is CCc1ccc(S(=O)(=O)Nc2ccc([C@@H]3C[C@H]3C(=O)O)cc2)cc1. The van der Waals surface area contributed by atoms with Gasteiger partial charge in [0.15, 0.2) is 0 Å². The maximum atomic E-state index is 12.4. The summed E-state index contributed by atoms with van der Waals surface area (Å²) in [6.07, 6.45) is 1.50. The lowest BCUT2D eigenvalue weighted by Gasteiger charge is -2.09. The summed E-state index contributed by atoms with van der Waals surface area (Å²) in [4.78, 5) is 11.1. The number of sulfonamides is 1. The van der Waals surface area contributed by atoms with Crippen molar-refractivity contribution in [1.29, 1.82) is 0 Å². The van der Waals surface area contributed by atoms with Crippen LogP contribution < -0.4 is 4.72 Å². The lowest BCUT2D eigenvalue weighted by atomic mass is 10.1. The van der Waals surface area contributed by atoms with Crippen molar-refractivity contribution in [3.8, 4) is 0 Å². The highest BCUT2D eigenvalue weighted by Gasteiger charge is 2.44. The first-order chi connectivity index (χ1) is 11.4. The minimum Gasteiger partial charge on any atom is -0.481 e. The van der Waals surface area contributed by atoms with Gasteiger partial charge in [0, 0.05) is 5.69 Å². The van der Waals surface area contributed by atoms with Crippen molar-refractivity contribution < 1.29 is 18.3 Å². The fourth-order valence-electron chi connectivity index (χ4n) is 2.75. The fourth-order valence-corrected chi connectivity index (χ4v) is 3.81. The summed E-state index contributed by atoms with van der Waals surface area (Å²) < 4.78 is 27.3. The van der Waals surface area contributed by atoms with E-state index in [1.54, 1.807) is 48.5 Å². The largest absolute Gasteiger partial charge is 0.481 e. The van der Waals surface area contributed by atoms with Crippen molar-refractivity contribution in [1.82, 2.24) is 0 Å². The van der Waals surface area contributed by atoms with E-state index >= 15 is 0 Å². The lowest BCUT2D eigenvalue weighted by Crippen LogP contribution is -2.12. The maximum absolute atomic E-state index is 12.4. The number of carbonyl (C=O) groups is 1. The zero-order valence-corrected chi connectivity index (χ0v) is 14.1. The molecule has 2 atom stereocenters. The van der Waals surface area contributed by atoms with Crippen molar-refractivity contribution in [2.24, 2.45) is 5.92 Å². The zero-order chi connectivity index (χ0) is 17.3. The molecule has 0 radical (unpaired) electrons. The van der Waals surface area contributed by atoms with E-state index in [1.165, 1.54) is 0 Å². The Morgan fingerprint density at radius 1 is 1.12 bits per heavy atom. The van der Waals surface area contributed by atoms with Gasteiger partial charge in [0.25, 0.3) is 10.0 Å². The number of hydrogen-bond donors (Lipinski definition) is 2. The maximum Gasteiger partial charge on any atom is 0.307 e. The molecule has 1 fully saturated rings. The third-order valence-electron chi connectivity index (χ3n) is 4.34.